The second kappa shape index (κ2) is 5.48. The van der Waals surface area contributed by atoms with Crippen molar-refractivity contribution in [1.82, 2.24) is 10.2 Å². The number of piperazine rings is 1. The molecule has 0 atom stereocenters. The molecule has 2 aliphatic heterocycles. The lowest BCUT2D eigenvalue weighted by Crippen LogP contribution is -2.58. The number of hydrogen-bond donors (Lipinski definition) is 1. The zero-order chi connectivity index (χ0) is 11.4. The van der Waals surface area contributed by atoms with Crippen molar-refractivity contribution in [2.75, 3.05) is 39.4 Å². The van der Waals surface area contributed by atoms with Crippen molar-refractivity contribution in [3.63, 3.8) is 0 Å². The van der Waals surface area contributed by atoms with Crippen molar-refractivity contribution >= 4 is 0 Å². The highest BCUT2D eigenvalue weighted by atomic mass is 16.5. The fraction of sp³-hybridized carbons (Fsp3) is 1.00. The molecule has 0 aliphatic carbocycles. The van der Waals surface area contributed by atoms with Gasteiger partial charge in [0.15, 0.2) is 0 Å². The Morgan fingerprint density at radius 3 is 2.38 bits per heavy atom. The van der Waals surface area contributed by atoms with Crippen molar-refractivity contribution in [2.24, 2.45) is 5.92 Å². The lowest BCUT2D eigenvalue weighted by molar-refractivity contribution is -0.0438. The van der Waals surface area contributed by atoms with Crippen LogP contribution in [-0.4, -0.2) is 49.8 Å². The van der Waals surface area contributed by atoms with E-state index in [-0.39, 0.29) is 0 Å². The molecule has 1 N–H and O–H groups in total. The van der Waals surface area contributed by atoms with E-state index in [0.717, 1.165) is 32.2 Å². The Morgan fingerprint density at radius 2 is 1.81 bits per heavy atom. The minimum Gasteiger partial charge on any atom is -0.381 e. The van der Waals surface area contributed by atoms with Crippen LogP contribution >= 0.6 is 0 Å². The van der Waals surface area contributed by atoms with Gasteiger partial charge in [-0.05, 0) is 25.2 Å². The molecule has 0 bridgehead atoms. The molecular weight excluding hydrogens is 200 g/mol. The van der Waals surface area contributed by atoms with Gasteiger partial charge in [-0.3, -0.25) is 4.90 Å². The molecule has 2 heterocycles. The Morgan fingerprint density at radius 1 is 1.19 bits per heavy atom. The van der Waals surface area contributed by atoms with E-state index in [4.69, 9.17) is 4.74 Å². The van der Waals surface area contributed by atoms with Crippen LogP contribution in [-0.2, 0) is 4.74 Å². The molecule has 94 valence electrons. The summed E-state index contributed by atoms with van der Waals surface area (Å²) in [5.74, 6) is 0.785. The van der Waals surface area contributed by atoms with Gasteiger partial charge < -0.3 is 10.1 Å². The van der Waals surface area contributed by atoms with E-state index >= 15 is 0 Å². The number of hydrogen-bond acceptors (Lipinski definition) is 3. The zero-order valence-corrected chi connectivity index (χ0v) is 10.8. The van der Waals surface area contributed by atoms with Gasteiger partial charge in [-0.15, -0.1) is 0 Å². The van der Waals surface area contributed by atoms with Gasteiger partial charge in [0.1, 0.15) is 0 Å². The fourth-order valence-corrected chi connectivity index (χ4v) is 3.30. The highest BCUT2D eigenvalue weighted by Gasteiger charge is 2.38. The minimum absolute atomic E-state index is 0.439. The molecule has 0 aromatic rings. The van der Waals surface area contributed by atoms with Gasteiger partial charge in [0.05, 0.1) is 0 Å². The molecule has 0 saturated carbocycles. The maximum absolute atomic E-state index is 5.55. The first-order valence-corrected chi connectivity index (χ1v) is 6.76. The zero-order valence-electron chi connectivity index (χ0n) is 10.8. The van der Waals surface area contributed by atoms with Crippen LogP contribution in [0.3, 0.4) is 0 Å². The largest absolute Gasteiger partial charge is 0.381 e. The highest BCUT2D eigenvalue weighted by molar-refractivity contribution is 4.94. The van der Waals surface area contributed by atoms with E-state index in [1.54, 1.807) is 0 Å². The Kier molecular flexibility index (Phi) is 4.22. The maximum atomic E-state index is 5.55. The highest BCUT2D eigenvalue weighted by Crippen LogP contribution is 2.34. The first-order chi connectivity index (χ1) is 7.73. The van der Waals surface area contributed by atoms with Crippen LogP contribution in [0.2, 0.25) is 0 Å². The monoisotopic (exact) mass is 226 g/mol. The van der Waals surface area contributed by atoms with Crippen LogP contribution < -0.4 is 5.32 Å². The summed E-state index contributed by atoms with van der Waals surface area (Å²) >= 11 is 0. The molecule has 0 unspecified atom stereocenters. The summed E-state index contributed by atoms with van der Waals surface area (Å²) in [6.45, 7) is 11.3. The van der Waals surface area contributed by atoms with Crippen LogP contribution in [0.15, 0.2) is 0 Å². The van der Waals surface area contributed by atoms with Crippen LogP contribution in [0.1, 0.15) is 33.1 Å². The van der Waals surface area contributed by atoms with Crippen LogP contribution in [0.25, 0.3) is 0 Å². The van der Waals surface area contributed by atoms with Gasteiger partial charge in [-0.1, -0.05) is 13.8 Å². The van der Waals surface area contributed by atoms with Gasteiger partial charge in [-0.2, -0.15) is 0 Å². The smallest absolute Gasteiger partial charge is 0.0483 e. The van der Waals surface area contributed by atoms with Crippen molar-refractivity contribution < 1.29 is 4.74 Å². The maximum Gasteiger partial charge on any atom is 0.0483 e. The Hall–Kier alpha value is -0.120. The molecule has 2 rings (SSSR count). The summed E-state index contributed by atoms with van der Waals surface area (Å²) in [5.41, 5.74) is 0.439. The third kappa shape index (κ3) is 2.76. The number of nitrogens with one attached hydrogen (secondary N) is 1. The topological polar surface area (TPSA) is 24.5 Å². The number of rotatable bonds is 3. The third-order valence-corrected chi connectivity index (χ3v) is 4.00. The summed E-state index contributed by atoms with van der Waals surface area (Å²) in [5, 5.41) is 3.45. The van der Waals surface area contributed by atoms with E-state index in [0.29, 0.717) is 5.54 Å². The van der Waals surface area contributed by atoms with E-state index in [9.17, 15) is 0 Å². The summed E-state index contributed by atoms with van der Waals surface area (Å²) in [4.78, 5) is 2.73. The molecule has 3 heteroatoms. The normalized spacial score (nSPS) is 27.2. The molecule has 2 fully saturated rings. The lowest BCUT2D eigenvalue weighted by atomic mass is 9.80. The predicted molar refractivity (Wildman–Crippen MR) is 66.7 cm³/mol. The van der Waals surface area contributed by atoms with Gasteiger partial charge in [-0.25, -0.2) is 0 Å². The average molecular weight is 226 g/mol. The predicted octanol–water partition coefficient (Wildman–Crippen LogP) is 1.49. The standard InChI is InChI=1S/C13H26N2O/c1-12(2)11-13(3-9-16-10-4-13)15-7-5-14-6-8-15/h12,14H,3-11H2,1-2H3. The quantitative estimate of drug-likeness (QED) is 0.789. The molecule has 0 radical (unpaired) electrons. The molecule has 3 nitrogen and oxygen atoms in total. The van der Waals surface area contributed by atoms with Crippen molar-refractivity contribution in [3.8, 4) is 0 Å². The summed E-state index contributed by atoms with van der Waals surface area (Å²) in [6, 6.07) is 0. The molecule has 2 saturated heterocycles. The van der Waals surface area contributed by atoms with Crippen molar-refractivity contribution in [2.45, 2.75) is 38.6 Å². The third-order valence-electron chi connectivity index (χ3n) is 4.00. The van der Waals surface area contributed by atoms with Crippen LogP contribution in [0, 0.1) is 5.92 Å². The van der Waals surface area contributed by atoms with Crippen LogP contribution in [0.5, 0.6) is 0 Å². The Bertz CT molecular complexity index is 206. The fourth-order valence-electron chi connectivity index (χ4n) is 3.30. The molecule has 0 aromatic carbocycles. The van der Waals surface area contributed by atoms with Gasteiger partial charge in [0.25, 0.3) is 0 Å². The number of nitrogens with zero attached hydrogens (tertiary/aromatic N) is 1. The molecule has 16 heavy (non-hydrogen) atoms. The summed E-state index contributed by atoms with van der Waals surface area (Å²) in [6.07, 6.45) is 3.78. The van der Waals surface area contributed by atoms with Gasteiger partial charge in [0.2, 0.25) is 0 Å². The molecule has 2 aliphatic rings. The second-order valence-electron chi connectivity index (χ2n) is 5.67. The Labute approximate surface area is 99.5 Å². The molecular formula is C13H26N2O. The summed E-state index contributed by atoms with van der Waals surface area (Å²) in [7, 11) is 0. The molecule has 0 spiro atoms. The van der Waals surface area contributed by atoms with E-state index in [1.165, 1.54) is 32.4 Å². The number of ether oxygens (including phenoxy) is 1. The van der Waals surface area contributed by atoms with Crippen molar-refractivity contribution in [1.29, 1.82) is 0 Å². The SMILES string of the molecule is CC(C)CC1(N2CCNCC2)CCOCC1. The Balaban J connectivity index is 2.05. The molecule has 0 aromatic heterocycles. The average Bonchev–Trinajstić information content (AvgIpc) is 2.30. The van der Waals surface area contributed by atoms with E-state index < -0.39 is 0 Å². The molecule has 0 amide bonds. The minimum atomic E-state index is 0.439. The summed E-state index contributed by atoms with van der Waals surface area (Å²) < 4.78 is 5.55. The van der Waals surface area contributed by atoms with E-state index in [1.807, 2.05) is 0 Å². The van der Waals surface area contributed by atoms with Crippen LogP contribution in [0.4, 0.5) is 0 Å². The lowest BCUT2D eigenvalue weighted by Gasteiger charge is -2.49. The van der Waals surface area contributed by atoms with Crippen molar-refractivity contribution in [3.05, 3.63) is 0 Å². The first-order valence-electron chi connectivity index (χ1n) is 6.76. The van der Waals surface area contributed by atoms with E-state index in [2.05, 4.69) is 24.1 Å². The second-order valence-corrected chi connectivity index (χ2v) is 5.67. The van der Waals surface area contributed by atoms with Gasteiger partial charge in [0, 0.05) is 44.9 Å². The van der Waals surface area contributed by atoms with Gasteiger partial charge >= 0.3 is 0 Å². The first kappa shape index (κ1) is 12.3.